The number of carbonyl (C=O) groups excluding carboxylic acids is 1. The average molecular weight is 293 g/mol. The number of hydrogen-bond acceptors (Lipinski definition) is 3. The van der Waals surface area contributed by atoms with E-state index in [0.29, 0.717) is 12.2 Å². The summed E-state index contributed by atoms with van der Waals surface area (Å²) in [4.78, 5) is 25.3. The van der Waals surface area contributed by atoms with Gasteiger partial charge in [-0.05, 0) is 50.5 Å². The molecule has 1 saturated heterocycles. The molecule has 1 aliphatic heterocycles. The fourth-order valence-corrected chi connectivity index (χ4v) is 2.62. The molecule has 2 N–H and O–H groups in total. The van der Waals surface area contributed by atoms with Gasteiger partial charge in [-0.3, -0.25) is 9.59 Å². The summed E-state index contributed by atoms with van der Waals surface area (Å²) in [5, 5.41) is 11.8. The summed E-state index contributed by atoms with van der Waals surface area (Å²) in [7, 11) is 2.11. The number of aliphatic carboxylic acids is 1. The van der Waals surface area contributed by atoms with Crippen LogP contribution in [-0.4, -0.2) is 53.1 Å². The number of piperidine rings is 1. The van der Waals surface area contributed by atoms with Gasteiger partial charge in [0.15, 0.2) is 0 Å². The molecule has 0 bridgehead atoms. The van der Waals surface area contributed by atoms with Crippen LogP contribution >= 0.6 is 0 Å². The lowest BCUT2D eigenvalue weighted by Gasteiger charge is -2.37. The largest absolute Gasteiger partial charge is 0.480 e. The predicted molar refractivity (Wildman–Crippen MR) is 79.2 cm³/mol. The van der Waals surface area contributed by atoms with E-state index < -0.39 is 5.97 Å². The maximum absolute atomic E-state index is 12.2. The zero-order chi connectivity index (χ0) is 15.5. The summed E-state index contributed by atoms with van der Waals surface area (Å²) in [5.41, 5.74) is 0.515. The van der Waals surface area contributed by atoms with Crippen molar-refractivity contribution in [1.29, 1.82) is 0 Å². The van der Waals surface area contributed by atoms with Gasteiger partial charge in [-0.2, -0.15) is 0 Å². The minimum Gasteiger partial charge on any atom is -0.480 e. The molecular weight excluding hydrogens is 270 g/mol. The van der Waals surface area contributed by atoms with E-state index in [1.54, 1.807) is 18.3 Å². The number of carboxylic acid groups (broad SMARTS) is 1. The van der Waals surface area contributed by atoms with Crippen molar-refractivity contribution >= 4 is 11.9 Å². The van der Waals surface area contributed by atoms with E-state index in [4.69, 9.17) is 5.11 Å². The first kappa shape index (κ1) is 15.6. The third-order valence-electron chi connectivity index (χ3n) is 4.24. The second kappa shape index (κ2) is 6.30. The van der Waals surface area contributed by atoms with Crippen molar-refractivity contribution in [2.75, 3.05) is 26.7 Å². The van der Waals surface area contributed by atoms with Gasteiger partial charge < -0.3 is 19.9 Å². The molecule has 0 unspecified atom stereocenters. The van der Waals surface area contributed by atoms with Crippen molar-refractivity contribution in [1.82, 2.24) is 14.8 Å². The van der Waals surface area contributed by atoms with Gasteiger partial charge >= 0.3 is 5.97 Å². The quantitative estimate of drug-likeness (QED) is 0.850. The second-order valence-corrected chi connectivity index (χ2v) is 6.21. The molecule has 1 aromatic rings. The maximum atomic E-state index is 12.2. The summed E-state index contributed by atoms with van der Waals surface area (Å²) in [5.74, 6) is -1.16. The van der Waals surface area contributed by atoms with Crippen LogP contribution in [0.25, 0.3) is 0 Å². The summed E-state index contributed by atoms with van der Waals surface area (Å²) in [6.45, 7) is 4.70. The Bertz CT molecular complexity index is 516. The maximum Gasteiger partial charge on any atom is 0.323 e. The van der Waals surface area contributed by atoms with Crippen LogP contribution in [0.15, 0.2) is 18.3 Å². The van der Waals surface area contributed by atoms with E-state index >= 15 is 0 Å². The normalized spacial score (nSPS) is 18.4. The monoisotopic (exact) mass is 293 g/mol. The number of rotatable bonds is 5. The number of hydrogen-bond donors (Lipinski definition) is 2. The fourth-order valence-electron chi connectivity index (χ4n) is 2.62. The van der Waals surface area contributed by atoms with Crippen molar-refractivity contribution in [2.24, 2.45) is 5.41 Å². The highest BCUT2D eigenvalue weighted by atomic mass is 16.4. The first-order valence-electron chi connectivity index (χ1n) is 7.23. The summed E-state index contributed by atoms with van der Waals surface area (Å²) >= 11 is 0. The third kappa shape index (κ3) is 4.07. The molecule has 2 heterocycles. The van der Waals surface area contributed by atoms with Crippen LogP contribution in [0.3, 0.4) is 0 Å². The van der Waals surface area contributed by atoms with Gasteiger partial charge in [0.2, 0.25) is 0 Å². The van der Waals surface area contributed by atoms with Gasteiger partial charge in [0.05, 0.1) is 0 Å². The van der Waals surface area contributed by atoms with E-state index in [9.17, 15) is 9.59 Å². The van der Waals surface area contributed by atoms with Crippen LogP contribution in [0.5, 0.6) is 0 Å². The molecule has 1 aliphatic rings. The van der Waals surface area contributed by atoms with Crippen LogP contribution < -0.4 is 5.32 Å². The van der Waals surface area contributed by atoms with E-state index in [0.717, 1.165) is 25.9 Å². The fraction of sp³-hybridized carbons (Fsp3) is 0.600. The second-order valence-electron chi connectivity index (χ2n) is 6.21. The van der Waals surface area contributed by atoms with Gasteiger partial charge in [-0.1, -0.05) is 6.92 Å². The molecule has 0 aliphatic carbocycles. The van der Waals surface area contributed by atoms with Crippen LogP contribution in [0.4, 0.5) is 0 Å². The molecule has 0 aromatic carbocycles. The van der Waals surface area contributed by atoms with Gasteiger partial charge in [-0.15, -0.1) is 0 Å². The molecule has 0 saturated carbocycles. The molecule has 1 aromatic heterocycles. The lowest BCUT2D eigenvalue weighted by Crippen LogP contribution is -2.43. The van der Waals surface area contributed by atoms with E-state index in [1.165, 1.54) is 4.57 Å². The van der Waals surface area contributed by atoms with Crippen molar-refractivity contribution in [2.45, 2.75) is 26.3 Å². The van der Waals surface area contributed by atoms with Crippen LogP contribution in [-0.2, 0) is 11.3 Å². The Kier molecular flexibility index (Phi) is 4.67. The summed E-state index contributed by atoms with van der Waals surface area (Å²) < 4.78 is 1.45. The van der Waals surface area contributed by atoms with E-state index in [1.807, 2.05) is 0 Å². The highest BCUT2D eigenvalue weighted by Crippen LogP contribution is 2.29. The Morgan fingerprint density at radius 2 is 2.05 bits per heavy atom. The Labute approximate surface area is 124 Å². The number of aromatic nitrogens is 1. The van der Waals surface area contributed by atoms with E-state index in [-0.39, 0.29) is 17.9 Å². The standard InChI is InChI=1S/C15H23N3O3/c1-15(5-8-17(2)9-6-15)11-16-14(21)12-4-3-7-18(12)10-13(19)20/h3-4,7H,5-6,8-11H2,1-2H3,(H,16,21)(H,19,20). The van der Waals surface area contributed by atoms with Gasteiger partial charge in [0.1, 0.15) is 12.2 Å². The topological polar surface area (TPSA) is 74.6 Å². The minimum absolute atomic E-state index is 0.117. The zero-order valence-electron chi connectivity index (χ0n) is 12.6. The Hall–Kier alpha value is -1.82. The number of nitrogens with one attached hydrogen (secondary N) is 1. The molecule has 1 amide bonds. The number of nitrogens with zero attached hydrogens (tertiary/aromatic N) is 2. The molecule has 116 valence electrons. The Morgan fingerprint density at radius 1 is 1.38 bits per heavy atom. The van der Waals surface area contributed by atoms with Crippen LogP contribution in [0.1, 0.15) is 30.3 Å². The molecule has 0 radical (unpaired) electrons. The molecule has 21 heavy (non-hydrogen) atoms. The highest BCUT2D eigenvalue weighted by Gasteiger charge is 2.29. The number of carboxylic acids is 1. The Balaban J connectivity index is 1.93. The summed E-state index contributed by atoms with van der Waals surface area (Å²) in [6, 6.07) is 3.34. The predicted octanol–water partition coefficient (Wildman–Crippen LogP) is 1.03. The van der Waals surface area contributed by atoms with Gasteiger partial charge in [-0.25, -0.2) is 0 Å². The Morgan fingerprint density at radius 3 is 2.67 bits per heavy atom. The molecule has 0 spiro atoms. The van der Waals surface area contributed by atoms with Crippen molar-refractivity contribution < 1.29 is 14.7 Å². The number of amides is 1. The molecule has 6 heteroatoms. The lowest BCUT2D eigenvalue weighted by atomic mass is 9.80. The molecule has 0 atom stereocenters. The first-order valence-corrected chi connectivity index (χ1v) is 7.23. The van der Waals surface area contributed by atoms with Gasteiger partial charge in [0.25, 0.3) is 5.91 Å². The lowest BCUT2D eigenvalue weighted by molar-refractivity contribution is -0.137. The van der Waals surface area contributed by atoms with Crippen molar-refractivity contribution in [3.8, 4) is 0 Å². The van der Waals surface area contributed by atoms with Crippen LogP contribution in [0, 0.1) is 5.41 Å². The number of carbonyl (C=O) groups is 2. The molecule has 1 fully saturated rings. The summed E-state index contributed by atoms with van der Waals surface area (Å²) in [6.07, 6.45) is 3.72. The minimum atomic E-state index is -0.956. The van der Waals surface area contributed by atoms with Crippen molar-refractivity contribution in [3.05, 3.63) is 24.0 Å². The number of likely N-dealkylation sites (tertiary alicyclic amines) is 1. The van der Waals surface area contributed by atoms with Crippen molar-refractivity contribution in [3.63, 3.8) is 0 Å². The first-order chi connectivity index (χ1) is 9.89. The smallest absolute Gasteiger partial charge is 0.323 e. The van der Waals surface area contributed by atoms with Gasteiger partial charge in [0, 0.05) is 12.7 Å². The average Bonchev–Trinajstić information content (AvgIpc) is 2.87. The SMILES string of the molecule is CN1CCC(C)(CNC(=O)c2cccn2CC(=O)O)CC1. The molecule has 2 rings (SSSR count). The highest BCUT2D eigenvalue weighted by molar-refractivity contribution is 5.93. The third-order valence-corrected chi connectivity index (χ3v) is 4.24. The van der Waals surface area contributed by atoms with E-state index in [2.05, 4.69) is 24.2 Å². The zero-order valence-corrected chi connectivity index (χ0v) is 12.6. The van der Waals surface area contributed by atoms with Crippen LogP contribution in [0.2, 0.25) is 0 Å². The molecular formula is C15H23N3O3. The molecule has 6 nitrogen and oxygen atoms in total.